The van der Waals surface area contributed by atoms with Gasteiger partial charge in [-0.05, 0) is 36.4 Å². The highest BCUT2D eigenvalue weighted by molar-refractivity contribution is 7.99. The van der Waals surface area contributed by atoms with Crippen LogP contribution in [0.4, 0.5) is 17.6 Å². The number of benzene rings is 2. The van der Waals surface area contributed by atoms with E-state index in [1.807, 2.05) is 0 Å². The van der Waals surface area contributed by atoms with Crippen LogP contribution in [0.25, 0.3) is 0 Å². The fraction of sp³-hybridized carbons (Fsp3) is 0. The Labute approximate surface area is 99.3 Å². The predicted molar refractivity (Wildman–Crippen MR) is 56.8 cm³/mol. The molecule has 0 aliphatic carbocycles. The molecule has 0 unspecified atom stereocenters. The predicted octanol–water partition coefficient (Wildman–Crippen LogP) is 4.39. The van der Waals surface area contributed by atoms with Crippen LogP contribution in [0.2, 0.25) is 0 Å². The molecule has 0 nitrogen and oxygen atoms in total. The molecule has 5 heteroatoms. The lowest BCUT2D eigenvalue weighted by molar-refractivity contribution is 0.443. The van der Waals surface area contributed by atoms with E-state index in [0.717, 1.165) is 23.9 Å². The van der Waals surface area contributed by atoms with Crippen molar-refractivity contribution in [1.82, 2.24) is 0 Å². The minimum absolute atomic E-state index is 0.216. The maximum absolute atomic E-state index is 12.9. The Morgan fingerprint density at radius 2 is 1.24 bits per heavy atom. The largest absolute Gasteiger partial charge is 0.207 e. The van der Waals surface area contributed by atoms with E-state index in [9.17, 15) is 17.6 Å². The zero-order valence-electron chi connectivity index (χ0n) is 8.38. The molecular formula is C12H6F4S. The number of hydrogen-bond donors (Lipinski definition) is 0. The summed E-state index contributed by atoms with van der Waals surface area (Å²) in [7, 11) is 0. The molecular weight excluding hydrogens is 252 g/mol. The second-order valence-corrected chi connectivity index (χ2v) is 4.40. The van der Waals surface area contributed by atoms with Gasteiger partial charge in [0.2, 0.25) is 0 Å². The van der Waals surface area contributed by atoms with Gasteiger partial charge < -0.3 is 0 Å². The number of rotatable bonds is 2. The second kappa shape index (κ2) is 4.79. The van der Waals surface area contributed by atoms with Gasteiger partial charge in [0, 0.05) is 9.79 Å². The van der Waals surface area contributed by atoms with Crippen molar-refractivity contribution in [2.75, 3.05) is 0 Å². The average Bonchev–Trinajstić information content (AvgIpc) is 2.29. The Hall–Kier alpha value is -1.49. The van der Waals surface area contributed by atoms with Gasteiger partial charge in [0.25, 0.3) is 0 Å². The monoisotopic (exact) mass is 258 g/mol. The van der Waals surface area contributed by atoms with Crippen LogP contribution in [0.15, 0.2) is 46.2 Å². The topological polar surface area (TPSA) is 0 Å². The van der Waals surface area contributed by atoms with Crippen molar-refractivity contribution in [2.45, 2.75) is 9.79 Å². The first-order valence-electron chi connectivity index (χ1n) is 4.64. The highest BCUT2D eigenvalue weighted by Crippen LogP contribution is 2.29. The van der Waals surface area contributed by atoms with Crippen LogP contribution < -0.4 is 0 Å². The Morgan fingerprint density at radius 1 is 0.706 bits per heavy atom. The van der Waals surface area contributed by atoms with Crippen LogP contribution >= 0.6 is 11.8 Å². The van der Waals surface area contributed by atoms with E-state index in [1.54, 1.807) is 0 Å². The minimum Gasteiger partial charge on any atom is -0.207 e. The van der Waals surface area contributed by atoms with E-state index in [0.29, 0.717) is 4.90 Å². The second-order valence-electron chi connectivity index (χ2n) is 3.26. The van der Waals surface area contributed by atoms with Crippen LogP contribution in [-0.4, -0.2) is 0 Å². The maximum Gasteiger partial charge on any atom is 0.194 e. The molecule has 88 valence electrons. The Balaban J connectivity index is 2.27. The fourth-order valence-corrected chi connectivity index (χ4v) is 2.10. The zero-order valence-corrected chi connectivity index (χ0v) is 9.20. The SMILES string of the molecule is Fc1ccc(Sc2cc(F)c(F)c(F)c2)cc1. The molecule has 2 rings (SSSR count). The first kappa shape index (κ1) is 12.0. The van der Waals surface area contributed by atoms with Crippen LogP contribution in [0.3, 0.4) is 0 Å². The molecule has 0 aliphatic heterocycles. The third-order valence-electron chi connectivity index (χ3n) is 2.01. The van der Waals surface area contributed by atoms with Gasteiger partial charge in [-0.25, -0.2) is 17.6 Å². The molecule has 0 spiro atoms. The smallest absolute Gasteiger partial charge is 0.194 e. The minimum atomic E-state index is -1.49. The lowest BCUT2D eigenvalue weighted by atomic mass is 10.3. The summed E-state index contributed by atoms with van der Waals surface area (Å²) in [6, 6.07) is 7.20. The van der Waals surface area contributed by atoms with Crippen molar-refractivity contribution in [3.63, 3.8) is 0 Å². The van der Waals surface area contributed by atoms with Gasteiger partial charge >= 0.3 is 0 Å². The molecule has 0 atom stereocenters. The van der Waals surface area contributed by atoms with Crippen molar-refractivity contribution < 1.29 is 17.6 Å². The molecule has 0 amide bonds. The summed E-state index contributed by atoms with van der Waals surface area (Å²) in [6.45, 7) is 0. The Morgan fingerprint density at radius 3 is 1.76 bits per heavy atom. The summed E-state index contributed by atoms with van der Waals surface area (Å²) in [5.74, 6) is -4.37. The summed E-state index contributed by atoms with van der Waals surface area (Å²) in [5.41, 5.74) is 0. The molecule has 0 fully saturated rings. The van der Waals surface area contributed by atoms with Gasteiger partial charge in [-0.2, -0.15) is 0 Å². The molecule has 0 aromatic heterocycles. The Kier molecular flexibility index (Phi) is 3.38. The van der Waals surface area contributed by atoms with E-state index in [4.69, 9.17) is 0 Å². The van der Waals surface area contributed by atoms with E-state index < -0.39 is 23.3 Å². The van der Waals surface area contributed by atoms with Gasteiger partial charge in [0.15, 0.2) is 17.5 Å². The third kappa shape index (κ3) is 2.79. The normalized spacial score (nSPS) is 10.6. The maximum atomic E-state index is 12.9. The highest BCUT2D eigenvalue weighted by atomic mass is 32.2. The van der Waals surface area contributed by atoms with Gasteiger partial charge in [0.1, 0.15) is 5.82 Å². The average molecular weight is 258 g/mol. The number of halogens is 4. The molecule has 2 aromatic rings. The van der Waals surface area contributed by atoms with E-state index >= 15 is 0 Å². The van der Waals surface area contributed by atoms with Crippen LogP contribution in [0.5, 0.6) is 0 Å². The van der Waals surface area contributed by atoms with Crippen LogP contribution in [0, 0.1) is 23.3 Å². The summed E-state index contributed by atoms with van der Waals surface area (Å²) < 4.78 is 51.2. The zero-order chi connectivity index (χ0) is 12.4. The number of hydrogen-bond acceptors (Lipinski definition) is 1. The molecule has 0 bridgehead atoms. The van der Waals surface area contributed by atoms with Gasteiger partial charge in [-0.1, -0.05) is 11.8 Å². The van der Waals surface area contributed by atoms with Crippen molar-refractivity contribution in [3.8, 4) is 0 Å². The summed E-state index contributed by atoms with van der Waals surface area (Å²) in [4.78, 5) is 0.824. The van der Waals surface area contributed by atoms with Gasteiger partial charge in [-0.3, -0.25) is 0 Å². The third-order valence-corrected chi connectivity index (χ3v) is 2.99. The van der Waals surface area contributed by atoms with Gasteiger partial charge in [-0.15, -0.1) is 0 Å². The molecule has 0 aliphatic rings. The highest BCUT2D eigenvalue weighted by Gasteiger charge is 2.11. The first-order valence-corrected chi connectivity index (χ1v) is 5.46. The molecule has 0 saturated carbocycles. The molecule has 0 saturated heterocycles. The van der Waals surface area contributed by atoms with Gasteiger partial charge in [0.05, 0.1) is 0 Å². The van der Waals surface area contributed by atoms with Crippen molar-refractivity contribution in [1.29, 1.82) is 0 Å². The van der Waals surface area contributed by atoms with Crippen molar-refractivity contribution in [2.24, 2.45) is 0 Å². The lowest BCUT2D eigenvalue weighted by Gasteiger charge is -2.03. The van der Waals surface area contributed by atoms with E-state index in [-0.39, 0.29) is 4.90 Å². The lowest BCUT2D eigenvalue weighted by Crippen LogP contribution is -1.90. The Bertz CT molecular complexity index is 514. The summed E-state index contributed by atoms with van der Waals surface area (Å²) in [6.07, 6.45) is 0. The van der Waals surface area contributed by atoms with Crippen LogP contribution in [-0.2, 0) is 0 Å². The van der Waals surface area contributed by atoms with Crippen LogP contribution in [0.1, 0.15) is 0 Å². The van der Waals surface area contributed by atoms with Crippen molar-refractivity contribution in [3.05, 3.63) is 59.7 Å². The fourth-order valence-electron chi connectivity index (χ4n) is 1.23. The molecule has 0 N–H and O–H groups in total. The molecule has 2 aromatic carbocycles. The molecule has 0 radical (unpaired) electrons. The summed E-state index contributed by atoms with van der Waals surface area (Å²) >= 11 is 1.02. The standard InChI is InChI=1S/C12H6F4S/c13-7-1-3-8(4-2-7)17-9-5-10(14)12(16)11(15)6-9/h1-6H. The summed E-state index contributed by atoms with van der Waals surface area (Å²) in [5, 5.41) is 0. The molecule has 0 heterocycles. The molecule has 17 heavy (non-hydrogen) atoms. The quantitative estimate of drug-likeness (QED) is 0.568. The van der Waals surface area contributed by atoms with E-state index in [1.165, 1.54) is 24.3 Å². The van der Waals surface area contributed by atoms with Crippen molar-refractivity contribution >= 4 is 11.8 Å². The first-order chi connectivity index (χ1) is 8.06. The van der Waals surface area contributed by atoms with E-state index in [2.05, 4.69) is 0 Å².